The molecule has 0 unspecified atom stereocenters. The van der Waals surface area contributed by atoms with E-state index in [1.807, 2.05) is 6.07 Å². The molecular formula is C24H24BNO2. The molecule has 1 saturated heterocycles. The first-order chi connectivity index (χ1) is 13.4. The van der Waals surface area contributed by atoms with E-state index < -0.39 is 18.5 Å². The molecule has 2 heterocycles. The van der Waals surface area contributed by atoms with E-state index in [-0.39, 0.29) is 0 Å². The number of aromatic nitrogens is 1. The molecule has 3 nitrogen and oxygen atoms in total. The van der Waals surface area contributed by atoms with Crippen LogP contribution >= 0.6 is 0 Å². The zero-order valence-corrected chi connectivity index (χ0v) is 16.8. The van der Waals surface area contributed by atoms with Crippen LogP contribution in [0.3, 0.4) is 0 Å². The lowest BCUT2D eigenvalue weighted by Crippen LogP contribution is -2.41. The summed E-state index contributed by atoms with van der Waals surface area (Å²) >= 11 is 0. The second-order valence-electron chi connectivity index (χ2n) is 8.52. The van der Waals surface area contributed by atoms with E-state index in [1.54, 1.807) is 0 Å². The highest BCUT2D eigenvalue weighted by Gasteiger charge is 2.53. The number of hydrogen-bond donors (Lipinski definition) is 0. The van der Waals surface area contributed by atoms with Gasteiger partial charge in [-0.15, -0.1) is 0 Å². The van der Waals surface area contributed by atoms with Crippen molar-refractivity contribution < 1.29 is 9.31 Å². The zero-order chi connectivity index (χ0) is 19.5. The lowest BCUT2D eigenvalue weighted by molar-refractivity contribution is 0.00578. The van der Waals surface area contributed by atoms with Gasteiger partial charge in [-0.1, -0.05) is 66.7 Å². The maximum Gasteiger partial charge on any atom is 0.599 e. The molecule has 0 bridgehead atoms. The first-order valence-electron chi connectivity index (χ1n) is 9.82. The number of para-hydroxylation sites is 2. The van der Waals surface area contributed by atoms with Gasteiger partial charge in [-0.2, -0.15) is 0 Å². The van der Waals surface area contributed by atoms with Crippen molar-refractivity contribution in [2.75, 3.05) is 0 Å². The van der Waals surface area contributed by atoms with Gasteiger partial charge in [-0.3, -0.25) is 0 Å². The molecule has 0 N–H and O–H groups in total. The molecule has 28 heavy (non-hydrogen) atoms. The highest BCUT2D eigenvalue weighted by molar-refractivity contribution is 6.48. The molecule has 5 rings (SSSR count). The normalized spacial score (nSPS) is 18.2. The Kier molecular flexibility index (Phi) is 3.74. The molecule has 0 atom stereocenters. The van der Waals surface area contributed by atoms with E-state index >= 15 is 0 Å². The number of nitrogens with zero attached hydrogens (tertiary/aromatic N) is 1. The second kappa shape index (κ2) is 5.97. The van der Waals surface area contributed by atoms with Crippen molar-refractivity contribution in [1.29, 1.82) is 0 Å². The minimum absolute atomic E-state index is 0.392. The van der Waals surface area contributed by atoms with Crippen LogP contribution in [0.15, 0.2) is 72.8 Å². The van der Waals surface area contributed by atoms with Crippen LogP contribution < -0.4 is 0 Å². The third-order valence-electron chi connectivity index (χ3n) is 6.27. The van der Waals surface area contributed by atoms with Gasteiger partial charge in [0.15, 0.2) is 0 Å². The average Bonchev–Trinajstić information content (AvgIpc) is 3.12. The van der Waals surface area contributed by atoms with Crippen molar-refractivity contribution >= 4 is 29.1 Å². The first-order valence-corrected chi connectivity index (χ1v) is 9.82. The number of rotatable bonds is 2. The Morgan fingerprint density at radius 2 is 1.29 bits per heavy atom. The Hall–Kier alpha value is -2.56. The van der Waals surface area contributed by atoms with Crippen molar-refractivity contribution in [3.05, 3.63) is 72.8 Å². The summed E-state index contributed by atoms with van der Waals surface area (Å²) in [6, 6.07) is 25.5. The Morgan fingerprint density at radius 1 is 0.679 bits per heavy atom. The standard InChI is InChI=1S/C24H24BNO2/c1-23(2)24(3,4)28-25(27-23)26-21-16-9-8-13-19(21)20-15-10-14-18(22(20)26)17-11-6-5-7-12-17/h5-16H,1-4H3. The smallest absolute Gasteiger partial charge is 0.384 e. The highest BCUT2D eigenvalue weighted by atomic mass is 16.7. The lowest BCUT2D eigenvalue weighted by atomic mass is 9.90. The molecule has 1 aliphatic rings. The summed E-state index contributed by atoms with van der Waals surface area (Å²) in [5.41, 5.74) is 3.86. The van der Waals surface area contributed by atoms with E-state index in [4.69, 9.17) is 9.31 Å². The van der Waals surface area contributed by atoms with Gasteiger partial charge in [0.25, 0.3) is 0 Å². The molecule has 4 heteroatoms. The topological polar surface area (TPSA) is 23.4 Å². The Balaban J connectivity index is 1.85. The Labute approximate surface area is 166 Å². The molecule has 140 valence electrons. The van der Waals surface area contributed by atoms with E-state index in [1.165, 1.54) is 21.9 Å². The van der Waals surface area contributed by atoms with Gasteiger partial charge in [0.05, 0.1) is 11.2 Å². The molecule has 0 amide bonds. The summed E-state index contributed by atoms with van der Waals surface area (Å²) in [6.45, 7) is 8.38. The van der Waals surface area contributed by atoms with Crippen LogP contribution in [0.4, 0.5) is 0 Å². The summed E-state index contributed by atoms with van der Waals surface area (Å²) < 4.78 is 15.1. The van der Waals surface area contributed by atoms with Gasteiger partial charge in [-0.25, -0.2) is 0 Å². The van der Waals surface area contributed by atoms with Gasteiger partial charge >= 0.3 is 7.25 Å². The van der Waals surface area contributed by atoms with E-state index in [0.29, 0.717) is 0 Å². The molecule has 1 aromatic heterocycles. The summed E-state index contributed by atoms with van der Waals surface area (Å²) in [7, 11) is -0.475. The fraction of sp³-hybridized carbons (Fsp3) is 0.250. The average molecular weight is 369 g/mol. The van der Waals surface area contributed by atoms with Crippen molar-refractivity contribution in [3.63, 3.8) is 0 Å². The molecule has 1 aliphatic heterocycles. The molecule has 4 aromatic rings. The highest BCUT2D eigenvalue weighted by Crippen LogP contribution is 2.42. The second-order valence-corrected chi connectivity index (χ2v) is 8.52. The van der Waals surface area contributed by atoms with E-state index in [9.17, 15) is 0 Å². The Bertz CT molecular complexity index is 1160. The quantitative estimate of drug-likeness (QED) is 0.411. The van der Waals surface area contributed by atoms with Gasteiger partial charge in [0, 0.05) is 27.4 Å². The fourth-order valence-corrected chi connectivity index (χ4v) is 4.04. The van der Waals surface area contributed by atoms with Crippen molar-refractivity contribution in [2.24, 2.45) is 0 Å². The Morgan fingerprint density at radius 3 is 2.00 bits per heavy atom. The molecule has 0 saturated carbocycles. The van der Waals surface area contributed by atoms with Crippen LogP contribution in [0.25, 0.3) is 32.9 Å². The monoisotopic (exact) mass is 369 g/mol. The minimum atomic E-state index is -0.475. The van der Waals surface area contributed by atoms with Gasteiger partial charge < -0.3 is 13.8 Å². The molecule has 0 spiro atoms. The number of benzene rings is 3. The maximum atomic E-state index is 6.46. The zero-order valence-electron chi connectivity index (χ0n) is 16.8. The lowest BCUT2D eigenvalue weighted by Gasteiger charge is -2.32. The van der Waals surface area contributed by atoms with Crippen molar-refractivity contribution in [3.8, 4) is 11.1 Å². The third kappa shape index (κ3) is 2.45. The summed E-state index contributed by atoms with van der Waals surface area (Å²) in [5, 5.41) is 2.43. The number of fused-ring (bicyclic) bond motifs is 3. The van der Waals surface area contributed by atoms with Crippen LogP contribution in [0.5, 0.6) is 0 Å². The SMILES string of the molecule is CC1(C)OB(n2c3ccccc3c3cccc(-c4ccccc4)c32)OC1(C)C. The molecular weight excluding hydrogens is 345 g/mol. The van der Waals surface area contributed by atoms with E-state index in [2.05, 4.69) is 98.9 Å². The largest absolute Gasteiger partial charge is 0.599 e. The molecule has 0 aliphatic carbocycles. The maximum absolute atomic E-state index is 6.46. The fourth-order valence-electron chi connectivity index (χ4n) is 4.04. The predicted octanol–water partition coefficient (Wildman–Crippen LogP) is 5.90. The van der Waals surface area contributed by atoms with Gasteiger partial charge in [0.2, 0.25) is 0 Å². The first kappa shape index (κ1) is 17.5. The van der Waals surface area contributed by atoms with Crippen LogP contribution in [0.2, 0.25) is 0 Å². The third-order valence-corrected chi connectivity index (χ3v) is 6.27. The molecule has 0 radical (unpaired) electrons. The van der Waals surface area contributed by atoms with Gasteiger partial charge in [-0.05, 0) is 39.3 Å². The minimum Gasteiger partial charge on any atom is -0.384 e. The van der Waals surface area contributed by atoms with Gasteiger partial charge in [0.1, 0.15) is 0 Å². The van der Waals surface area contributed by atoms with Crippen LogP contribution in [-0.4, -0.2) is 22.9 Å². The number of hydrogen-bond acceptors (Lipinski definition) is 2. The predicted molar refractivity (Wildman–Crippen MR) is 116 cm³/mol. The van der Waals surface area contributed by atoms with Crippen LogP contribution in [0, 0.1) is 0 Å². The molecule has 3 aromatic carbocycles. The van der Waals surface area contributed by atoms with Crippen LogP contribution in [-0.2, 0) is 9.31 Å². The van der Waals surface area contributed by atoms with Crippen molar-refractivity contribution in [1.82, 2.24) is 4.48 Å². The summed E-state index contributed by atoms with van der Waals surface area (Å²) in [5.74, 6) is 0. The van der Waals surface area contributed by atoms with E-state index in [0.717, 1.165) is 11.0 Å². The summed E-state index contributed by atoms with van der Waals surface area (Å²) in [6.07, 6.45) is 0. The molecule has 1 fully saturated rings. The van der Waals surface area contributed by atoms with Crippen molar-refractivity contribution in [2.45, 2.75) is 38.9 Å². The summed E-state index contributed by atoms with van der Waals surface area (Å²) in [4.78, 5) is 0. The van der Waals surface area contributed by atoms with Crippen LogP contribution in [0.1, 0.15) is 27.7 Å².